The van der Waals surface area contributed by atoms with Crippen molar-refractivity contribution >= 4 is 0 Å². The van der Waals surface area contributed by atoms with E-state index in [-0.39, 0.29) is 12.0 Å². The van der Waals surface area contributed by atoms with E-state index in [4.69, 9.17) is 5.73 Å². The van der Waals surface area contributed by atoms with E-state index in [0.29, 0.717) is 19.0 Å². The van der Waals surface area contributed by atoms with Gasteiger partial charge in [0.2, 0.25) is 0 Å². The van der Waals surface area contributed by atoms with Gasteiger partial charge in [-0.05, 0) is 57.9 Å². The Kier molecular flexibility index (Phi) is 5.58. The summed E-state index contributed by atoms with van der Waals surface area (Å²) in [5, 5.41) is 0. The van der Waals surface area contributed by atoms with Gasteiger partial charge in [0.1, 0.15) is 0 Å². The number of nitrogens with two attached hydrogens (primary N) is 1. The van der Waals surface area contributed by atoms with Crippen molar-refractivity contribution in [1.82, 2.24) is 4.90 Å². The lowest BCUT2D eigenvalue weighted by Gasteiger charge is -2.44. The molecule has 2 unspecified atom stereocenters. The molecular formula is C16H29F3N2. The van der Waals surface area contributed by atoms with Gasteiger partial charge >= 0.3 is 6.18 Å². The van der Waals surface area contributed by atoms with Crippen LogP contribution >= 0.6 is 0 Å². The van der Waals surface area contributed by atoms with Gasteiger partial charge in [-0.1, -0.05) is 12.8 Å². The maximum atomic E-state index is 12.4. The fraction of sp³-hybridized carbons (Fsp3) is 1.00. The van der Waals surface area contributed by atoms with Crippen LogP contribution in [0.15, 0.2) is 0 Å². The maximum Gasteiger partial charge on any atom is 0.389 e. The average Bonchev–Trinajstić information content (AvgIpc) is 3.07. The first kappa shape index (κ1) is 17.1. The molecule has 2 N–H and O–H groups in total. The third kappa shape index (κ3) is 4.35. The van der Waals surface area contributed by atoms with Crippen molar-refractivity contribution in [2.75, 3.05) is 13.1 Å². The average molecular weight is 306 g/mol. The van der Waals surface area contributed by atoms with E-state index in [1.54, 1.807) is 0 Å². The van der Waals surface area contributed by atoms with Gasteiger partial charge in [0.25, 0.3) is 0 Å². The highest BCUT2D eigenvalue weighted by atomic mass is 19.4. The lowest BCUT2D eigenvalue weighted by Crippen LogP contribution is -2.55. The van der Waals surface area contributed by atoms with E-state index in [2.05, 4.69) is 11.8 Å². The summed E-state index contributed by atoms with van der Waals surface area (Å²) < 4.78 is 37.2. The lowest BCUT2D eigenvalue weighted by atomic mass is 9.88. The van der Waals surface area contributed by atoms with Gasteiger partial charge in [-0.2, -0.15) is 13.2 Å². The van der Waals surface area contributed by atoms with Crippen LogP contribution in [0.5, 0.6) is 0 Å². The Hall–Kier alpha value is -0.290. The van der Waals surface area contributed by atoms with Crippen LogP contribution in [0.2, 0.25) is 0 Å². The van der Waals surface area contributed by atoms with Crippen molar-refractivity contribution in [3.8, 4) is 0 Å². The highest BCUT2D eigenvalue weighted by Crippen LogP contribution is 2.40. The molecule has 0 aromatic carbocycles. The van der Waals surface area contributed by atoms with Gasteiger partial charge in [-0.15, -0.1) is 0 Å². The first-order chi connectivity index (χ1) is 9.86. The number of alkyl halides is 3. The van der Waals surface area contributed by atoms with Gasteiger partial charge in [0.15, 0.2) is 0 Å². The lowest BCUT2D eigenvalue weighted by molar-refractivity contribution is -0.137. The minimum absolute atomic E-state index is 0.186. The Morgan fingerprint density at radius 3 is 2.29 bits per heavy atom. The Labute approximate surface area is 126 Å². The monoisotopic (exact) mass is 306 g/mol. The largest absolute Gasteiger partial charge is 0.389 e. The first-order valence-electron chi connectivity index (χ1n) is 8.39. The standard InChI is InChI=1S/C16H29F3N2/c1-15(12-20,9-5-10-16(17,18)19)21-11-4-8-14(21)13-6-2-3-7-13/h13-14H,2-12,20H2,1H3. The van der Waals surface area contributed by atoms with Gasteiger partial charge in [-0.3, -0.25) is 4.90 Å². The quantitative estimate of drug-likeness (QED) is 0.801. The maximum absolute atomic E-state index is 12.4. The molecule has 5 heteroatoms. The van der Waals surface area contributed by atoms with Gasteiger partial charge in [-0.25, -0.2) is 0 Å². The first-order valence-corrected chi connectivity index (χ1v) is 8.39. The predicted octanol–water partition coefficient (Wildman–Crippen LogP) is 4.09. The summed E-state index contributed by atoms with van der Waals surface area (Å²) in [6, 6.07) is 0.548. The third-order valence-corrected chi connectivity index (χ3v) is 5.55. The molecule has 21 heavy (non-hydrogen) atoms. The van der Waals surface area contributed by atoms with E-state index in [1.165, 1.54) is 32.1 Å². The summed E-state index contributed by atoms with van der Waals surface area (Å²) in [6.45, 7) is 3.52. The number of rotatable bonds is 6. The van der Waals surface area contributed by atoms with Crippen LogP contribution in [0.4, 0.5) is 13.2 Å². The van der Waals surface area contributed by atoms with E-state index in [1.807, 2.05) is 0 Å². The molecule has 0 radical (unpaired) electrons. The van der Waals surface area contributed by atoms with E-state index in [9.17, 15) is 13.2 Å². The molecule has 1 saturated heterocycles. The number of hydrogen-bond donors (Lipinski definition) is 1. The predicted molar refractivity (Wildman–Crippen MR) is 79.1 cm³/mol. The molecule has 2 rings (SSSR count). The van der Waals surface area contributed by atoms with Crippen LogP contribution in [0.25, 0.3) is 0 Å². The second-order valence-corrected chi connectivity index (χ2v) is 7.12. The molecule has 1 aliphatic carbocycles. The minimum Gasteiger partial charge on any atom is -0.329 e. The summed E-state index contributed by atoms with van der Waals surface area (Å²) in [7, 11) is 0. The molecule has 0 amide bonds. The molecule has 2 atom stereocenters. The molecular weight excluding hydrogens is 277 g/mol. The van der Waals surface area contributed by atoms with Crippen molar-refractivity contribution in [2.45, 2.75) is 82.5 Å². The number of hydrogen-bond acceptors (Lipinski definition) is 2. The zero-order chi connectivity index (χ0) is 15.5. The molecule has 0 aromatic heterocycles. The summed E-state index contributed by atoms with van der Waals surface area (Å²) in [4.78, 5) is 2.46. The van der Waals surface area contributed by atoms with Crippen molar-refractivity contribution in [3.63, 3.8) is 0 Å². The van der Waals surface area contributed by atoms with Crippen LogP contribution < -0.4 is 5.73 Å². The number of likely N-dealkylation sites (tertiary alicyclic amines) is 1. The molecule has 1 saturated carbocycles. The minimum atomic E-state index is -4.05. The normalized spacial score (nSPS) is 28.1. The van der Waals surface area contributed by atoms with Crippen LogP contribution in [-0.2, 0) is 0 Å². The number of halogens is 3. The SMILES string of the molecule is CC(CN)(CCCC(F)(F)F)N1CCCC1C1CCCC1. The topological polar surface area (TPSA) is 29.3 Å². The molecule has 2 aliphatic rings. The Balaban J connectivity index is 1.96. The van der Waals surface area contributed by atoms with Crippen molar-refractivity contribution < 1.29 is 13.2 Å². The van der Waals surface area contributed by atoms with Gasteiger partial charge in [0, 0.05) is 24.5 Å². The van der Waals surface area contributed by atoms with Crippen molar-refractivity contribution in [3.05, 3.63) is 0 Å². The molecule has 0 bridgehead atoms. The molecule has 0 aromatic rings. The van der Waals surface area contributed by atoms with E-state index >= 15 is 0 Å². The van der Waals surface area contributed by atoms with Crippen LogP contribution in [0, 0.1) is 5.92 Å². The third-order valence-electron chi connectivity index (χ3n) is 5.55. The Morgan fingerprint density at radius 2 is 1.71 bits per heavy atom. The Morgan fingerprint density at radius 1 is 1.05 bits per heavy atom. The molecule has 2 nitrogen and oxygen atoms in total. The zero-order valence-corrected chi connectivity index (χ0v) is 13.1. The summed E-state index contributed by atoms with van der Waals surface area (Å²) in [5.41, 5.74) is 5.71. The highest BCUT2D eigenvalue weighted by Gasteiger charge is 2.42. The van der Waals surface area contributed by atoms with Crippen LogP contribution in [0.1, 0.15) is 64.7 Å². The zero-order valence-electron chi connectivity index (χ0n) is 13.1. The van der Waals surface area contributed by atoms with E-state index in [0.717, 1.165) is 18.9 Å². The van der Waals surface area contributed by atoms with Crippen molar-refractivity contribution in [2.24, 2.45) is 11.7 Å². The second kappa shape index (κ2) is 6.86. The second-order valence-electron chi connectivity index (χ2n) is 7.12. The smallest absolute Gasteiger partial charge is 0.329 e. The van der Waals surface area contributed by atoms with Gasteiger partial charge < -0.3 is 5.73 Å². The fourth-order valence-corrected chi connectivity index (χ4v) is 4.33. The van der Waals surface area contributed by atoms with Crippen LogP contribution in [0.3, 0.4) is 0 Å². The molecule has 1 aliphatic heterocycles. The van der Waals surface area contributed by atoms with E-state index < -0.39 is 12.6 Å². The summed E-state index contributed by atoms with van der Waals surface area (Å²) >= 11 is 0. The fourth-order valence-electron chi connectivity index (χ4n) is 4.33. The Bertz CT molecular complexity index is 326. The molecule has 124 valence electrons. The molecule has 0 spiro atoms. The highest BCUT2D eigenvalue weighted by molar-refractivity contribution is 4.97. The van der Waals surface area contributed by atoms with Crippen molar-refractivity contribution in [1.29, 1.82) is 0 Å². The molecule has 1 heterocycles. The number of nitrogens with zero attached hydrogens (tertiary/aromatic N) is 1. The summed E-state index contributed by atoms with van der Waals surface area (Å²) in [6.07, 6.45) is 3.53. The van der Waals surface area contributed by atoms with Gasteiger partial charge in [0.05, 0.1) is 0 Å². The summed E-state index contributed by atoms with van der Waals surface area (Å²) in [5.74, 6) is 0.737. The van der Waals surface area contributed by atoms with Crippen LogP contribution in [-0.4, -0.2) is 35.7 Å². The molecule has 2 fully saturated rings.